The molecule has 6 heteroatoms. The minimum Gasteiger partial charge on any atom is -0.493 e. The molecule has 0 aliphatic carbocycles. The van der Waals surface area contributed by atoms with E-state index in [-0.39, 0.29) is 5.39 Å². The van der Waals surface area contributed by atoms with Crippen LogP contribution in [0.5, 0.6) is 11.5 Å². The molecule has 1 heterocycles. The second-order valence-electron chi connectivity index (χ2n) is 3.50. The van der Waals surface area contributed by atoms with Crippen molar-refractivity contribution < 1.29 is 23.8 Å². The molecular formula is C12H10O6. The van der Waals surface area contributed by atoms with Gasteiger partial charge in [0.2, 0.25) is 5.76 Å². The van der Waals surface area contributed by atoms with Crippen molar-refractivity contribution >= 4 is 16.7 Å². The zero-order valence-corrected chi connectivity index (χ0v) is 9.72. The van der Waals surface area contributed by atoms with Crippen molar-refractivity contribution in [1.29, 1.82) is 0 Å². The summed E-state index contributed by atoms with van der Waals surface area (Å²) in [5.41, 5.74) is -0.731. The highest BCUT2D eigenvalue weighted by atomic mass is 16.5. The summed E-state index contributed by atoms with van der Waals surface area (Å²) in [4.78, 5) is 22.4. The van der Waals surface area contributed by atoms with Gasteiger partial charge in [-0.2, -0.15) is 0 Å². The Kier molecular flexibility index (Phi) is 2.93. The van der Waals surface area contributed by atoms with Gasteiger partial charge in [0.25, 0.3) is 0 Å². The number of carboxylic acid groups (broad SMARTS) is 1. The molecule has 0 aliphatic heterocycles. The number of fused-ring (bicyclic) bond motifs is 1. The van der Waals surface area contributed by atoms with Gasteiger partial charge >= 0.3 is 11.6 Å². The zero-order valence-electron chi connectivity index (χ0n) is 9.72. The first-order valence-corrected chi connectivity index (χ1v) is 5.00. The number of carbonyl (C=O) groups is 1. The fourth-order valence-electron chi connectivity index (χ4n) is 1.62. The third-order valence-corrected chi connectivity index (χ3v) is 2.48. The molecule has 0 fully saturated rings. The summed E-state index contributed by atoms with van der Waals surface area (Å²) >= 11 is 0. The maximum Gasteiger partial charge on any atom is 0.371 e. The van der Waals surface area contributed by atoms with E-state index < -0.39 is 17.4 Å². The van der Waals surface area contributed by atoms with Gasteiger partial charge in [-0.15, -0.1) is 0 Å². The van der Waals surface area contributed by atoms with Gasteiger partial charge in [0.05, 0.1) is 19.6 Å². The summed E-state index contributed by atoms with van der Waals surface area (Å²) in [6.07, 6.45) is 0. The number of benzene rings is 1. The molecule has 94 valence electrons. The molecule has 2 aromatic rings. The van der Waals surface area contributed by atoms with E-state index in [0.29, 0.717) is 16.9 Å². The predicted octanol–water partition coefficient (Wildman–Crippen LogP) is 1.51. The third-order valence-electron chi connectivity index (χ3n) is 2.48. The fourth-order valence-corrected chi connectivity index (χ4v) is 1.62. The van der Waals surface area contributed by atoms with Crippen molar-refractivity contribution in [3.05, 3.63) is 34.4 Å². The first-order valence-electron chi connectivity index (χ1n) is 5.00. The largest absolute Gasteiger partial charge is 0.493 e. The number of hydrogen-bond acceptors (Lipinski definition) is 5. The van der Waals surface area contributed by atoms with E-state index in [4.69, 9.17) is 14.6 Å². The summed E-state index contributed by atoms with van der Waals surface area (Å²) in [5.74, 6) is -0.934. The molecular weight excluding hydrogens is 240 g/mol. The number of rotatable bonds is 3. The third kappa shape index (κ3) is 1.88. The number of carboxylic acids is 1. The molecule has 0 saturated carbocycles. The number of hydrogen-bond donors (Lipinski definition) is 1. The first-order chi connectivity index (χ1) is 8.56. The SMILES string of the molecule is COc1cc2cc(C(=O)O)oc(=O)c2cc1OC. The van der Waals surface area contributed by atoms with E-state index in [1.807, 2.05) is 0 Å². The Morgan fingerprint density at radius 1 is 1.17 bits per heavy atom. The summed E-state index contributed by atoms with van der Waals surface area (Å²) < 4.78 is 14.8. The van der Waals surface area contributed by atoms with Crippen LogP contribution in [0.1, 0.15) is 10.6 Å². The van der Waals surface area contributed by atoms with Crippen molar-refractivity contribution in [2.45, 2.75) is 0 Å². The van der Waals surface area contributed by atoms with Crippen LogP contribution >= 0.6 is 0 Å². The van der Waals surface area contributed by atoms with Gasteiger partial charge in [-0.25, -0.2) is 9.59 Å². The molecule has 0 bridgehead atoms. The smallest absolute Gasteiger partial charge is 0.371 e. The summed E-state index contributed by atoms with van der Waals surface area (Å²) in [6.45, 7) is 0. The lowest BCUT2D eigenvalue weighted by Gasteiger charge is -2.08. The normalized spacial score (nSPS) is 10.3. The standard InChI is InChI=1S/C12H10O6/c1-16-8-3-6-4-10(11(13)14)18-12(15)7(6)5-9(8)17-2/h3-5H,1-2H3,(H,13,14). The average molecular weight is 250 g/mol. The van der Waals surface area contributed by atoms with Crippen LogP contribution in [0.2, 0.25) is 0 Å². The van der Waals surface area contributed by atoms with E-state index in [0.717, 1.165) is 0 Å². The minimum atomic E-state index is -1.30. The highest BCUT2D eigenvalue weighted by molar-refractivity contribution is 5.92. The molecule has 0 saturated heterocycles. The van der Waals surface area contributed by atoms with Gasteiger partial charge < -0.3 is 19.0 Å². The average Bonchev–Trinajstić information content (AvgIpc) is 2.36. The maximum atomic E-state index is 11.6. The first kappa shape index (κ1) is 12.0. The number of methoxy groups -OCH3 is 2. The van der Waals surface area contributed by atoms with Gasteiger partial charge in [-0.05, 0) is 23.6 Å². The van der Waals surface area contributed by atoms with Crippen molar-refractivity contribution in [2.75, 3.05) is 14.2 Å². The van der Waals surface area contributed by atoms with Gasteiger partial charge in [0, 0.05) is 0 Å². The van der Waals surface area contributed by atoms with Crippen LogP contribution in [-0.4, -0.2) is 25.3 Å². The molecule has 6 nitrogen and oxygen atoms in total. The van der Waals surface area contributed by atoms with Gasteiger partial charge in [0.1, 0.15) is 0 Å². The minimum absolute atomic E-state index is 0.234. The van der Waals surface area contributed by atoms with Gasteiger partial charge in [-0.3, -0.25) is 0 Å². The lowest BCUT2D eigenvalue weighted by molar-refractivity contribution is 0.0658. The maximum absolute atomic E-state index is 11.6. The van der Waals surface area contributed by atoms with Crippen molar-refractivity contribution in [3.63, 3.8) is 0 Å². The van der Waals surface area contributed by atoms with Crippen molar-refractivity contribution in [2.24, 2.45) is 0 Å². The van der Waals surface area contributed by atoms with Crippen LogP contribution in [0.15, 0.2) is 27.4 Å². The van der Waals surface area contributed by atoms with Gasteiger partial charge in [-0.1, -0.05) is 0 Å². The van der Waals surface area contributed by atoms with Gasteiger partial charge in [0.15, 0.2) is 11.5 Å². The van der Waals surface area contributed by atoms with Crippen LogP contribution in [0.4, 0.5) is 0 Å². The van der Waals surface area contributed by atoms with Crippen LogP contribution in [0.3, 0.4) is 0 Å². The van der Waals surface area contributed by atoms with Crippen molar-refractivity contribution in [1.82, 2.24) is 0 Å². The highest BCUT2D eigenvalue weighted by Crippen LogP contribution is 2.31. The monoisotopic (exact) mass is 250 g/mol. The Morgan fingerprint density at radius 2 is 1.78 bits per heavy atom. The topological polar surface area (TPSA) is 86.0 Å². The quantitative estimate of drug-likeness (QED) is 0.888. The van der Waals surface area contributed by atoms with E-state index in [1.54, 1.807) is 0 Å². The van der Waals surface area contributed by atoms with E-state index >= 15 is 0 Å². The molecule has 0 spiro atoms. The van der Waals surface area contributed by atoms with Crippen molar-refractivity contribution in [3.8, 4) is 11.5 Å². The molecule has 1 aromatic heterocycles. The molecule has 18 heavy (non-hydrogen) atoms. The molecule has 0 aliphatic rings. The summed E-state index contributed by atoms with van der Waals surface area (Å²) in [5, 5.41) is 9.46. The summed E-state index contributed by atoms with van der Waals surface area (Å²) in [6, 6.07) is 4.24. The van der Waals surface area contributed by atoms with Crippen LogP contribution in [0, 0.1) is 0 Å². The number of aromatic carboxylic acids is 1. The fraction of sp³-hybridized carbons (Fsp3) is 0.167. The predicted molar refractivity (Wildman–Crippen MR) is 62.5 cm³/mol. The molecule has 0 radical (unpaired) electrons. The zero-order chi connectivity index (χ0) is 13.3. The molecule has 1 aromatic carbocycles. The molecule has 2 rings (SSSR count). The van der Waals surface area contributed by atoms with Crippen LogP contribution < -0.4 is 15.1 Å². The number of ether oxygens (including phenoxy) is 2. The Hall–Kier alpha value is -2.50. The molecule has 0 unspecified atom stereocenters. The highest BCUT2D eigenvalue weighted by Gasteiger charge is 2.13. The second kappa shape index (κ2) is 4.40. The molecule has 0 atom stereocenters. The van der Waals surface area contributed by atoms with E-state index in [9.17, 15) is 9.59 Å². The Labute approximate surface area is 101 Å². The van der Waals surface area contributed by atoms with E-state index in [2.05, 4.69) is 4.42 Å². The van der Waals surface area contributed by atoms with E-state index in [1.165, 1.54) is 32.4 Å². The lowest BCUT2D eigenvalue weighted by Crippen LogP contribution is -2.06. The molecule has 1 N–H and O–H groups in total. The molecule has 0 amide bonds. The van der Waals surface area contributed by atoms with Crippen LogP contribution in [0.25, 0.3) is 10.8 Å². The Balaban J connectivity index is 2.80. The lowest BCUT2D eigenvalue weighted by atomic mass is 10.1. The Morgan fingerprint density at radius 3 is 2.33 bits per heavy atom. The Bertz CT molecular complexity index is 670. The summed E-state index contributed by atoms with van der Waals surface area (Å²) in [7, 11) is 2.89. The van der Waals surface area contributed by atoms with Crippen LogP contribution in [-0.2, 0) is 0 Å². The second-order valence-corrected chi connectivity index (χ2v) is 3.50.